The molecule has 0 saturated heterocycles. The molecule has 0 spiro atoms. The van der Waals surface area contributed by atoms with Crippen molar-refractivity contribution >= 4 is 17.5 Å². The van der Waals surface area contributed by atoms with Crippen LogP contribution in [0.1, 0.15) is 21.6 Å². The van der Waals surface area contributed by atoms with Crippen LogP contribution in [-0.2, 0) is 6.54 Å². The molecule has 1 aliphatic rings. The number of aromatic nitrogens is 2. The van der Waals surface area contributed by atoms with Crippen LogP contribution in [0.3, 0.4) is 0 Å². The van der Waals surface area contributed by atoms with Gasteiger partial charge in [-0.2, -0.15) is 5.10 Å². The first-order chi connectivity index (χ1) is 13.6. The summed E-state index contributed by atoms with van der Waals surface area (Å²) in [5, 5.41) is 7.62. The number of carbonyl (C=O) groups is 1. The molecular formula is C21H20ClN3O3. The summed E-state index contributed by atoms with van der Waals surface area (Å²) in [7, 11) is 0. The van der Waals surface area contributed by atoms with E-state index < -0.39 is 0 Å². The third kappa shape index (κ3) is 3.82. The molecule has 0 radical (unpaired) electrons. The van der Waals surface area contributed by atoms with E-state index in [2.05, 4.69) is 10.4 Å². The molecule has 1 amide bonds. The van der Waals surface area contributed by atoms with Crippen LogP contribution in [0.5, 0.6) is 11.5 Å². The number of benzene rings is 2. The van der Waals surface area contributed by atoms with Crippen molar-refractivity contribution < 1.29 is 14.3 Å². The van der Waals surface area contributed by atoms with E-state index in [0.717, 1.165) is 5.56 Å². The monoisotopic (exact) mass is 397 g/mol. The zero-order valence-corrected chi connectivity index (χ0v) is 16.1. The summed E-state index contributed by atoms with van der Waals surface area (Å²) in [6, 6.07) is 17.3. The molecule has 1 unspecified atom stereocenters. The second kappa shape index (κ2) is 7.94. The fourth-order valence-electron chi connectivity index (χ4n) is 3.13. The first-order valence-corrected chi connectivity index (χ1v) is 9.43. The Kier molecular flexibility index (Phi) is 5.21. The number of hydrogen-bond donors (Lipinski definition) is 1. The van der Waals surface area contributed by atoms with E-state index in [4.69, 9.17) is 21.1 Å². The van der Waals surface area contributed by atoms with Gasteiger partial charge < -0.3 is 14.8 Å². The van der Waals surface area contributed by atoms with E-state index in [1.165, 1.54) is 0 Å². The lowest BCUT2D eigenvalue weighted by Gasteiger charge is -2.26. The topological polar surface area (TPSA) is 65.4 Å². The van der Waals surface area contributed by atoms with Gasteiger partial charge >= 0.3 is 0 Å². The summed E-state index contributed by atoms with van der Waals surface area (Å²) in [6.07, 6.45) is -0.266. The van der Waals surface area contributed by atoms with E-state index in [9.17, 15) is 4.79 Å². The number of halogens is 1. The van der Waals surface area contributed by atoms with Crippen LogP contribution in [-0.4, -0.2) is 34.9 Å². The molecule has 144 valence electrons. The molecule has 0 saturated carbocycles. The fraction of sp³-hybridized carbons (Fsp3) is 0.238. The Hall–Kier alpha value is -2.99. The van der Waals surface area contributed by atoms with Crippen molar-refractivity contribution in [1.29, 1.82) is 0 Å². The predicted molar refractivity (Wildman–Crippen MR) is 106 cm³/mol. The van der Waals surface area contributed by atoms with Gasteiger partial charge in [-0.15, -0.1) is 0 Å². The highest BCUT2D eigenvalue weighted by Crippen LogP contribution is 2.30. The molecule has 2 aromatic carbocycles. The zero-order valence-electron chi connectivity index (χ0n) is 15.4. The molecule has 6 nitrogen and oxygen atoms in total. The van der Waals surface area contributed by atoms with Crippen LogP contribution < -0.4 is 14.8 Å². The number of hydrogen-bond acceptors (Lipinski definition) is 4. The molecule has 1 aromatic heterocycles. The molecule has 3 aromatic rings. The fourth-order valence-corrected chi connectivity index (χ4v) is 3.45. The number of nitrogens with one attached hydrogen (secondary N) is 1. The molecule has 0 aliphatic carbocycles. The predicted octanol–water partition coefficient (Wildman–Crippen LogP) is 3.46. The average molecular weight is 398 g/mol. The van der Waals surface area contributed by atoms with Crippen molar-refractivity contribution in [2.75, 3.05) is 13.2 Å². The summed E-state index contributed by atoms with van der Waals surface area (Å²) < 4.78 is 13.2. The van der Waals surface area contributed by atoms with Gasteiger partial charge in [0.1, 0.15) is 17.9 Å². The van der Waals surface area contributed by atoms with Crippen LogP contribution in [0.4, 0.5) is 0 Å². The Labute approximate surface area is 168 Å². The Morgan fingerprint density at radius 1 is 1.18 bits per heavy atom. The van der Waals surface area contributed by atoms with Crippen LogP contribution in [0.2, 0.25) is 5.15 Å². The quantitative estimate of drug-likeness (QED) is 0.716. The van der Waals surface area contributed by atoms with Crippen molar-refractivity contribution in [3.63, 3.8) is 0 Å². The van der Waals surface area contributed by atoms with E-state index in [1.54, 1.807) is 11.6 Å². The van der Waals surface area contributed by atoms with Gasteiger partial charge in [0.2, 0.25) is 0 Å². The molecule has 4 rings (SSSR count). The average Bonchev–Trinajstić information content (AvgIpc) is 3.00. The summed E-state index contributed by atoms with van der Waals surface area (Å²) in [5.74, 6) is 1.12. The van der Waals surface area contributed by atoms with Gasteiger partial charge in [0.05, 0.1) is 24.3 Å². The highest BCUT2D eigenvalue weighted by atomic mass is 35.5. The van der Waals surface area contributed by atoms with E-state index in [-0.39, 0.29) is 12.0 Å². The Balaban J connectivity index is 1.41. The number of fused-ring (bicyclic) bond motifs is 1. The number of ether oxygens (including phenoxy) is 2. The van der Waals surface area contributed by atoms with E-state index >= 15 is 0 Å². The van der Waals surface area contributed by atoms with Gasteiger partial charge in [-0.1, -0.05) is 54.1 Å². The largest absolute Gasteiger partial charge is 0.486 e. The molecule has 1 N–H and O–H groups in total. The highest BCUT2D eigenvalue weighted by Gasteiger charge is 2.24. The minimum atomic E-state index is -0.274. The first-order valence-electron chi connectivity index (χ1n) is 9.05. The Morgan fingerprint density at radius 3 is 2.68 bits per heavy atom. The lowest BCUT2D eigenvalue weighted by atomic mass is 10.2. The van der Waals surface area contributed by atoms with Crippen molar-refractivity contribution in [3.05, 3.63) is 76.6 Å². The van der Waals surface area contributed by atoms with Crippen molar-refractivity contribution in [2.24, 2.45) is 0 Å². The number of nitrogens with zero attached hydrogens (tertiary/aromatic N) is 2. The zero-order chi connectivity index (χ0) is 19.5. The van der Waals surface area contributed by atoms with Gasteiger partial charge in [0, 0.05) is 0 Å². The number of aryl methyl sites for hydroxylation is 1. The number of amides is 1. The minimum Gasteiger partial charge on any atom is -0.486 e. The summed E-state index contributed by atoms with van der Waals surface area (Å²) in [5.41, 5.74) is 2.03. The van der Waals surface area contributed by atoms with Crippen LogP contribution in [0, 0.1) is 6.92 Å². The molecule has 0 fully saturated rings. The van der Waals surface area contributed by atoms with Gasteiger partial charge in [-0.3, -0.25) is 4.79 Å². The maximum Gasteiger partial charge on any atom is 0.256 e. The van der Waals surface area contributed by atoms with Crippen LogP contribution in [0.25, 0.3) is 0 Å². The first kappa shape index (κ1) is 18.4. The maximum atomic E-state index is 12.7. The SMILES string of the molecule is Cc1nn(Cc2ccccc2)c(Cl)c1C(=O)NCC1COc2ccccc2O1. The summed E-state index contributed by atoms with van der Waals surface area (Å²) in [4.78, 5) is 12.7. The van der Waals surface area contributed by atoms with E-state index in [0.29, 0.717) is 47.6 Å². The van der Waals surface area contributed by atoms with Gasteiger partial charge in [0.15, 0.2) is 11.5 Å². The Bertz CT molecular complexity index is 988. The molecule has 28 heavy (non-hydrogen) atoms. The van der Waals surface area contributed by atoms with Crippen molar-refractivity contribution in [1.82, 2.24) is 15.1 Å². The Morgan fingerprint density at radius 2 is 1.89 bits per heavy atom. The molecule has 2 heterocycles. The third-order valence-corrected chi connectivity index (χ3v) is 4.91. The minimum absolute atomic E-state index is 0.266. The molecular weight excluding hydrogens is 378 g/mol. The number of rotatable bonds is 5. The lowest BCUT2D eigenvalue weighted by Crippen LogP contribution is -2.40. The third-order valence-electron chi connectivity index (χ3n) is 4.53. The lowest BCUT2D eigenvalue weighted by molar-refractivity contribution is 0.0789. The standard InChI is InChI=1S/C21H20ClN3O3/c1-14-19(20(22)25(24-14)12-15-7-3-2-4-8-15)21(26)23-11-16-13-27-17-9-5-6-10-18(17)28-16/h2-10,16H,11-13H2,1H3,(H,23,26). The molecule has 1 aliphatic heterocycles. The van der Waals surface area contributed by atoms with Gasteiger partial charge in [0.25, 0.3) is 5.91 Å². The van der Waals surface area contributed by atoms with Gasteiger partial charge in [-0.05, 0) is 24.6 Å². The number of carbonyl (C=O) groups excluding carboxylic acids is 1. The van der Waals surface area contributed by atoms with E-state index in [1.807, 2.05) is 54.6 Å². The van der Waals surface area contributed by atoms with Gasteiger partial charge in [-0.25, -0.2) is 4.68 Å². The van der Waals surface area contributed by atoms with Crippen molar-refractivity contribution in [3.8, 4) is 11.5 Å². The smallest absolute Gasteiger partial charge is 0.256 e. The molecule has 1 atom stereocenters. The van der Waals surface area contributed by atoms with Crippen molar-refractivity contribution in [2.45, 2.75) is 19.6 Å². The molecule has 7 heteroatoms. The summed E-state index contributed by atoms with van der Waals surface area (Å²) >= 11 is 6.45. The van der Waals surface area contributed by atoms with Crippen LogP contribution in [0.15, 0.2) is 54.6 Å². The normalized spacial score (nSPS) is 15.3. The second-order valence-electron chi connectivity index (χ2n) is 6.60. The molecule has 0 bridgehead atoms. The number of para-hydroxylation sites is 2. The van der Waals surface area contributed by atoms with Crippen LogP contribution >= 0.6 is 11.6 Å². The second-order valence-corrected chi connectivity index (χ2v) is 6.96. The summed E-state index contributed by atoms with van der Waals surface area (Å²) in [6.45, 7) is 2.97. The maximum absolute atomic E-state index is 12.7. The highest BCUT2D eigenvalue weighted by molar-refractivity contribution is 6.33.